The molecule has 0 amide bonds. The van der Waals surface area contributed by atoms with Crippen LogP contribution >= 0.6 is 23.4 Å². The molecule has 3 aromatic rings. The standard InChI is InChI=1S/C20H17ClN2O3S2/c21-17-5-9-19(10-6-17)28(25,26)23-12-13-27-18-7-3-15(4-8-18)20(24)16-2-1-11-22-14-16/h1-11,14,23H,12-13H2. The summed E-state index contributed by atoms with van der Waals surface area (Å²) in [4.78, 5) is 17.4. The van der Waals surface area contributed by atoms with E-state index in [0.717, 1.165) is 4.90 Å². The topological polar surface area (TPSA) is 76.1 Å². The number of rotatable bonds is 8. The predicted octanol–water partition coefficient (Wildman–Crippen LogP) is 4.04. The van der Waals surface area contributed by atoms with Crippen LogP contribution in [0.5, 0.6) is 0 Å². The monoisotopic (exact) mass is 432 g/mol. The van der Waals surface area contributed by atoms with Gasteiger partial charge in [0.15, 0.2) is 5.78 Å². The number of pyridine rings is 1. The van der Waals surface area contributed by atoms with Crippen molar-refractivity contribution in [3.63, 3.8) is 0 Å². The summed E-state index contributed by atoms with van der Waals surface area (Å²) < 4.78 is 27.0. The molecule has 1 heterocycles. The summed E-state index contributed by atoms with van der Waals surface area (Å²) >= 11 is 7.28. The number of aromatic nitrogens is 1. The molecule has 0 saturated heterocycles. The molecule has 0 saturated carbocycles. The van der Waals surface area contributed by atoms with Crippen LogP contribution in [0, 0.1) is 0 Å². The molecule has 8 heteroatoms. The Morgan fingerprint density at radius 1 is 1.00 bits per heavy atom. The van der Waals surface area contributed by atoms with Gasteiger partial charge in [-0.1, -0.05) is 11.6 Å². The third-order valence-corrected chi connectivity index (χ3v) is 6.57. The molecule has 0 aliphatic rings. The Balaban J connectivity index is 1.51. The van der Waals surface area contributed by atoms with Gasteiger partial charge in [-0.2, -0.15) is 0 Å². The van der Waals surface area contributed by atoms with Crippen molar-refractivity contribution >= 4 is 39.2 Å². The van der Waals surface area contributed by atoms with Crippen molar-refractivity contribution < 1.29 is 13.2 Å². The molecule has 3 rings (SSSR count). The molecule has 144 valence electrons. The first-order valence-electron chi connectivity index (χ1n) is 8.38. The number of hydrogen-bond donors (Lipinski definition) is 1. The van der Waals surface area contributed by atoms with Crippen molar-refractivity contribution in [2.75, 3.05) is 12.3 Å². The molecule has 1 N–H and O–H groups in total. The second-order valence-corrected chi connectivity index (χ2v) is 9.17. The lowest BCUT2D eigenvalue weighted by Gasteiger charge is -2.07. The molecule has 28 heavy (non-hydrogen) atoms. The highest BCUT2D eigenvalue weighted by Crippen LogP contribution is 2.20. The first-order chi connectivity index (χ1) is 13.5. The van der Waals surface area contributed by atoms with Crippen LogP contribution in [0.25, 0.3) is 0 Å². The smallest absolute Gasteiger partial charge is 0.240 e. The van der Waals surface area contributed by atoms with Gasteiger partial charge in [0.05, 0.1) is 4.90 Å². The Kier molecular flexibility index (Phi) is 6.85. The van der Waals surface area contributed by atoms with Crippen molar-refractivity contribution in [2.24, 2.45) is 0 Å². The Morgan fingerprint density at radius 2 is 1.71 bits per heavy atom. The maximum atomic E-state index is 12.4. The number of ketones is 1. The number of halogens is 1. The number of carbonyl (C=O) groups is 1. The van der Waals surface area contributed by atoms with Gasteiger partial charge in [-0.05, 0) is 60.7 Å². The van der Waals surface area contributed by atoms with Crippen molar-refractivity contribution in [1.82, 2.24) is 9.71 Å². The van der Waals surface area contributed by atoms with Crippen LogP contribution in [-0.2, 0) is 10.0 Å². The second-order valence-electron chi connectivity index (χ2n) is 5.80. The third kappa shape index (κ3) is 5.42. The van der Waals surface area contributed by atoms with E-state index in [1.54, 1.807) is 42.6 Å². The lowest BCUT2D eigenvalue weighted by Crippen LogP contribution is -2.25. The number of benzene rings is 2. The van der Waals surface area contributed by atoms with Gasteiger partial charge in [-0.3, -0.25) is 9.78 Å². The van der Waals surface area contributed by atoms with Gasteiger partial charge in [0.25, 0.3) is 0 Å². The van der Waals surface area contributed by atoms with Gasteiger partial charge in [-0.25, -0.2) is 13.1 Å². The zero-order valence-electron chi connectivity index (χ0n) is 14.7. The lowest BCUT2D eigenvalue weighted by molar-refractivity contribution is 0.103. The van der Waals surface area contributed by atoms with Crippen LogP contribution in [0.15, 0.2) is 82.8 Å². The Morgan fingerprint density at radius 3 is 2.36 bits per heavy atom. The molecular weight excluding hydrogens is 416 g/mol. The van der Waals surface area contributed by atoms with E-state index in [2.05, 4.69) is 9.71 Å². The van der Waals surface area contributed by atoms with Crippen molar-refractivity contribution in [3.8, 4) is 0 Å². The van der Waals surface area contributed by atoms with E-state index >= 15 is 0 Å². The molecule has 0 unspecified atom stereocenters. The molecule has 0 spiro atoms. The van der Waals surface area contributed by atoms with Crippen LogP contribution in [0.2, 0.25) is 5.02 Å². The van der Waals surface area contributed by atoms with Gasteiger partial charge < -0.3 is 0 Å². The van der Waals surface area contributed by atoms with Gasteiger partial charge in [0.1, 0.15) is 0 Å². The molecule has 0 aliphatic carbocycles. The molecule has 0 atom stereocenters. The SMILES string of the molecule is O=C(c1ccc(SCCNS(=O)(=O)c2ccc(Cl)cc2)cc1)c1cccnc1. The van der Waals surface area contributed by atoms with Crippen LogP contribution in [-0.4, -0.2) is 31.5 Å². The predicted molar refractivity (Wildman–Crippen MR) is 111 cm³/mol. The minimum absolute atomic E-state index is 0.0830. The number of hydrogen-bond acceptors (Lipinski definition) is 5. The van der Waals surface area contributed by atoms with E-state index in [1.165, 1.54) is 30.1 Å². The summed E-state index contributed by atoms with van der Waals surface area (Å²) in [6.45, 7) is 0.284. The zero-order valence-corrected chi connectivity index (χ0v) is 17.1. The van der Waals surface area contributed by atoms with E-state index in [-0.39, 0.29) is 17.2 Å². The quantitative estimate of drug-likeness (QED) is 0.330. The number of nitrogens with zero attached hydrogens (tertiary/aromatic N) is 1. The fourth-order valence-corrected chi connectivity index (χ4v) is 4.46. The van der Waals surface area contributed by atoms with Crippen molar-refractivity contribution in [1.29, 1.82) is 0 Å². The largest absolute Gasteiger partial charge is 0.289 e. The number of thioether (sulfide) groups is 1. The lowest BCUT2D eigenvalue weighted by atomic mass is 10.1. The summed E-state index contributed by atoms with van der Waals surface area (Å²) in [6, 6.07) is 16.7. The highest BCUT2D eigenvalue weighted by atomic mass is 35.5. The van der Waals surface area contributed by atoms with Crippen molar-refractivity contribution in [3.05, 3.63) is 89.2 Å². The zero-order chi connectivity index (χ0) is 20.0. The van der Waals surface area contributed by atoms with Crippen LogP contribution in [0.3, 0.4) is 0 Å². The number of sulfonamides is 1. The van der Waals surface area contributed by atoms with E-state index in [9.17, 15) is 13.2 Å². The van der Waals surface area contributed by atoms with Gasteiger partial charge in [-0.15, -0.1) is 11.8 Å². The van der Waals surface area contributed by atoms with E-state index < -0.39 is 10.0 Å². The summed E-state index contributed by atoms with van der Waals surface area (Å²) in [5.74, 6) is 0.475. The third-order valence-electron chi connectivity index (χ3n) is 3.83. The fourth-order valence-electron chi connectivity index (χ4n) is 2.41. The van der Waals surface area contributed by atoms with Crippen LogP contribution < -0.4 is 4.72 Å². The normalized spacial score (nSPS) is 11.3. The Bertz CT molecular complexity index is 1040. The van der Waals surface area contributed by atoms with E-state index in [0.29, 0.717) is 21.9 Å². The van der Waals surface area contributed by atoms with Crippen LogP contribution in [0.1, 0.15) is 15.9 Å². The summed E-state index contributed by atoms with van der Waals surface area (Å²) in [5.41, 5.74) is 1.13. The number of nitrogens with one attached hydrogen (secondary N) is 1. The highest BCUT2D eigenvalue weighted by Gasteiger charge is 2.13. The first kappa shape index (κ1) is 20.5. The Labute approximate surface area is 173 Å². The summed E-state index contributed by atoms with van der Waals surface area (Å²) in [7, 11) is -3.55. The van der Waals surface area contributed by atoms with E-state index in [4.69, 9.17) is 11.6 Å². The average Bonchev–Trinajstić information content (AvgIpc) is 2.72. The van der Waals surface area contributed by atoms with Crippen LogP contribution in [0.4, 0.5) is 0 Å². The molecule has 0 fully saturated rings. The molecule has 1 aromatic heterocycles. The minimum Gasteiger partial charge on any atom is -0.289 e. The molecule has 0 radical (unpaired) electrons. The summed E-state index contributed by atoms with van der Waals surface area (Å²) in [6.07, 6.45) is 3.16. The maximum absolute atomic E-state index is 12.4. The molecular formula is C20H17ClN2O3S2. The van der Waals surface area contributed by atoms with Gasteiger partial charge >= 0.3 is 0 Å². The Hall–Kier alpha value is -2.19. The average molecular weight is 433 g/mol. The first-order valence-corrected chi connectivity index (χ1v) is 11.2. The highest BCUT2D eigenvalue weighted by molar-refractivity contribution is 7.99. The second kappa shape index (κ2) is 9.34. The molecule has 0 aliphatic heterocycles. The molecule has 5 nitrogen and oxygen atoms in total. The maximum Gasteiger partial charge on any atom is 0.240 e. The molecule has 2 aromatic carbocycles. The molecule has 0 bridgehead atoms. The van der Waals surface area contributed by atoms with Gasteiger partial charge in [0, 0.05) is 45.7 Å². The van der Waals surface area contributed by atoms with Gasteiger partial charge in [0.2, 0.25) is 10.0 Å². The van der Waals surface area contributed by atoms with E-state index in [1.807, 2.05) is 12.1 Å². The minimum atomic E-state index is -3.55. The summed E-state index contributed by atoms with van der Waals surface area (Å²) in [5, 5.41) is 0.486. The fraction of sp³-hybridized carbons (Fsp3) is 0.100. The van der Waals surface area contributed by atoms with Crippen molar-refractivity contribution in [2.45, 2.75) is 9.79 Å². The number of carbonyl (C=O) groups excluding carboxylic acids is 1.